The number of hydrogen-bond donors (Lipinski definition) is 7. The van der Waals surface area contributed by atoms with E-state index in [9.17, 15) is 25.5 Å². The van der Waals surface area contributed by atoms with E-state index in [0.29, 0.717) is 0 Å². The van der Waals surface area contributed by atoms with E-state index >= 15 is 0 Å². The van der Waals surface area contributed by atoms with Gasteiger partial charge in [-0.25, -0.2) is 4.99 Å². The maximum Gasteiger partial charge on any atom is 0.311 e. The fourth-order valence-corrected chi connectivity index (χ4v) is 4.41. The van der Waals surface area contributed by atoms with Gasteiger partial charge in [-0.1, -0.05) is 0 Å². The molecule has 0 aromatic heterocycles. The zero-order valence-corrected chi connectivity index (χ0v) is 12.2. The molecule has 8 N–H and O–H groups in total. The van der Waals surface area contributed by atoms with Crippen molar-refractivity contribution >= 4 is 5.96 Å². The predicted octanol–water partition coefficient (Wildman–Crippen LogP) is -4.87. The van der Waals surface area contributed by atoms with Crippen LogP contribution in [0.1, 0.15) is 0 Å². The van der Waals surface area contributed by atoms with E-state index < -0.39 is 60.3 Å². The van der Waals surface area contributed by atoms with E-state index in [1.165, 1.54) is 7.11 Å². The van der Waals surface area contributed by atoms with E-state index in [-0.39, 0.29) is 5.96 Å². The zero-order valence-electron chi connectivity index (χ0n) is 12.2. The molecule has 9 atom stereocenters. The Balaban J connectivity index is 1.94. The number of aliphatic hydroxyl groups is 5. The first-order valence-electron chi connectivity index (χ1n) is 7.16. The molecule has 1 saturated carbocycles. The van der Waals surface area contributed by atoms with Gasteiger partial charge in [0.1, 0.15) is 29.5 Å². The van der Waals surface area contributed by atoms with Gasteiger partial charge in [0.25, 0.3) is 0 Å². The smallest absolute Gasteiger partial charge is 0.311 e. The van der Waals surface area contributed by atoms with Gasteiger partial charge >= 0.3 is 5.97 Å². The molecule has 4 fully saturated rings. The van der Waals surface area contributed by atoms with E-state index in [2.05, 4.69) is 10.3 Å². The standard InChI is InChI=1S/C12H19N3O8/c1-21-7-3-5-10(19,2-16)6-4(17)11(3,15-9(13)14-7)8(18)12(20,22-5)23-6/h3-8,16-20H,2H2,1H3,(H3,13,14,15)/t3?,4-,5?,6?,7-,8+,10+,11-,12?/m1/s1. The number of nitrogens with one attached hydrogen (secondary N) is 1. The summed E-state index contributed by atoms with van der Waals surface area (Å²) in [6.07, 6.45) is -6.87. The Kier molecular flexibility index (Phi) is 2.90. The van der Waals surface area contributed by atoms with Crippen molar-refractivity contribution in [3.63, 3.8) is 0 Å². The third-order valence-corrected chi connectivity index (χ3v) is 5.44. The summed E-state index contributed by atoms with van der Waals surface area (Å²) in [5, 5.41) is 54.9. The van der Waals surface area contributed by atoms with E-state index in [1.807, 2.05) is 0 Å². The first kappa shape index (κ1) is 15.5. The molecule has 11 heteroatoms. The summed E-state index contributed by atoms with van der Waals surface area (Å²) in [6, 6.07) is 0. The topological polar surface area (TPSA) is 179 Å². The lowest BCUT2D eigenvalue weighted by molar-refractivity contribution is -0.548. The molecule has 4 heterocycles. The molecule has 5 aliphatic rings. The fraction of sp³-hybridized carbons (Fsp3) is 0.917. The Bertz CT molecular complexity index is 577. The Morgan fingerprint density at radius 1 is 1.30 bits per heavy atom. The molecule has 4 unspecified atom stereocenters. The van der Waals surface area contributed by atoms with Gasteiger partial charge in [-0.2, -0.15) is 0 Å². The molecule has 0 aromatic rings. The summed E-state index contributed by atoms with van der Waals surface area (Å²) >= 11 is 0. The van der Waals surface area contributed by atoms with Gasteiger partial charge in [0, 0.05) is 7.11 Å². The number of ether oxygens (including phenoxy) is 3. The fourth-order valence-electron chi connectivity index (χ4n) is 4.41. The van der Waals surface area contributed by atoms with Gasteiger partial charge in [-0.15, -0.1) is 0 Å². The highest BCUT2D eigenvalue weighted by atomic mass is 16.9. The van der Waals surface area contributed by atoms with Crippen LogP contribution in [0, 0.1) is 5.92 Å². The average molecular weight is 333 g/mol. The van der Waals surface area contributed by atoms with Gasteiger partial charge in [0.2, 0.25) is 0 Å². The molecule has 11 nitrogen and oxygen atoms in total. The summed E-state index contributed by atoms with van der Waals surface area (Å²) in [5.74, 6) is -3.51. The first-order valence-corrected chi connectivity index (χ1v) is 7.16. The van der Waals surface area contributed by atoms with Crippen molar-refractivity contribution in [3.05, 3.63) is 0 Å². The monoisotopic (exact) mass is 333 g/mol. The maximum absolute atomic E-state index is 10.8. The minimum absolute atomic E-state index is 0.107. The maximum atomic E-state index is 10.8. The molecule has 0 aromatic carbocycles. The van der Waals surface area contributed by atoms with Crippen LogP contribution in [0.4, 0.5) is 0 Å². The summed E-state index contributed by atoms with van der Waals surface area (Å²) in [5.41, 5.74) is 2.10. The number of aliphatic hydroxyl groups excluding tert-OH is 3. The number of nitrogens with zero attached hydrogens (tertiary/aromatic N) is 1. The van der Waals surface area contributed by atoms with Crippen molar-refractivity contribution in [1.29, 1.82) is 0 Å². The summed E-state index contributed by atoms with van der Waals surface area (Å²) < 4.78 is 15.7. The summed E-state index contributed by atoms with van der Waals surface area (Å²) in [7, 11) is 1.34. The lowest BCUT2D eigenvalue weighted by Crippen LogP contribution is -2.95. The second kappa shape index (κ2) is 4.32. The van der Waals surface area contributed by atoms with E-state index in [1.54, 1.807) is 0 Å². The molecule has 3 saturated heterocycles. The lowest BCUT2D eigenvalue weighted by Gasteiger charge is -2.71. The number of rotatable bonds is 2. The average Bonchev–Trinajstić information content (AvgIpc) is 2.52. The number of hydrogen-bond acceptors (Lipinski definition) is 11. The molecule has 0 amide bonds. The van der Waals surface area contributed by atoms with Crippen LogP contribution >= 0.6 is 0 Å². The molecule has 4 aliphatic heterocycles. The molecule has 4 bridgehead atoms. The second-order valence-electron chi connectivity index (χ2n) is 6.43. The summed E-state index contributed by atoms with van der Waals surface area (Å²) in [6.45, 7) is -0.798. The number of nitrogens with two attached hydrogens (primary N) is 1. The largest absolute Gasteiger partial charge is 0.393 e. The normalized spacial score (nSPS) is 60.2. The molecular weight excluding hydrogens is 314 g/mol. The van der Waals surface area contributed by atoms with Crippen molar-refractivity contribution in [2.45, 2.75) is 47.8 Å². The van der Waals surface area contributed by atoms with E-state index in [4.69, 9.17) is 19.9 Å². The number of methoxy groups -OCH3 is 1. The van der Waals surface area contributed by atoms with Crippen molar-refractivity contribution < 1.29 is 39.7 Å². The Morgan fingerprint density at radius 2 is 1.96 bits per heavy atom. The van der Waals surface area contributed by atoms with Crippen LogP contribution in [0.5, 0.6) is 0 Å². The van der Waals surface area contributed by atoms with Crippen molar-refractivity contribution in [1.82, 2.24) is 5.32 Å². The van der Waals surface area contributed by atoms with Gasteiger partial charge in [0.05, 0.1) is 12.5 Å². The molecular formula is C12H19N3O8. The third kappa shape index (κ3) is 1.49. The van der Waals surface area contributed by atoms with Gasteiger partial charge in [0.15, 0.2) is 18.3 Å². The van der Waals surface area contributed by atoms with Crippen LogP contribution in [0.2, 0.25) is 0 Å². The highest BCUT2D eigenvalue weighted by Crippen LogP contribution is 2.58. The molecule has 130 valence electrons. The van der Waals surface area contributed by atoms with Crippen molar-refractivity contribution in [3.8, 4) is 0 Å². The summed E-state index contributed by atoms with van der Waals surface area (Å²) in [4.78, 5) is 4.04. The molecule has 1 aliphatic carbocycles. The van der Waals surface area contributed by atoms with Crippen LogP contribution in [0.15, 0.2) is 4.99 Å². The van der Waals surface area contributed by atoms with Gasteiger partial charge < -0.3 is 50.8 Å². The SMILES string of the molecule is CO[C@H]1N=C(N)N[C@]23C1C1OC(O)(OC([C@H]2O)[C@]1(O)CO)[C@H]3O. The first-order chi connectivity index (χ1) is 10.7. The van der Waals surface area contributed by atoms with Crippen LogP contribution in [-0.4, -0.2) is 93.0 Å². The molecule has 1 spiro atoms. The second-order valence-corrected chi connectivity index (χ2v) is 6.43. The minimum atomic E-state index is -2.46. The quantitative estimate of drug-likeness (QED) is 0.259. The van der Waals surface area contributed by atoms with Crippen molar-refractivity contribution in [2.75, 3.05) is 13.7 Å². The third-order valence-electron chi connectivity index (χ3n) is 5.44. The van der Waals surface area contributed by atoms with Crippen LogP contribution in [0.3, 0.4) is 0 Å². The van der Waals surface area contributed by atoms with Crippen molar-refractivity contribution in [2.24, 2.45) is 16.6 Å². The number of aliphatic imine (C=N–C) groups is 1. The Hall–Kier alpha value is -1.05. The Morgan fingerprint density at radius 3 is 2.57 bits per heavy atom. The number of guanidine groups is 1. The van der Waals surface area contributed by atoms with Gasteiger partial charge in [-0.3, -0.25) is 0 Å². The van der Waals surface area contributed by atoms with E-state index in [0.717, 1.165) is 0 Å². The highest BCUT2D eigenvalue weighted by molar-refractivity contribution is 5.80. The molecule has 5 rings (SSSR count). The lowest BCUT2D eigenvalue weighted by atomic mass is 9.55. The zero-order chi connectivity index (χ0) is 16.8. The predicted molar refractivity (Wildman–Crippen MR) is 70.5 cm³/mol. The highest BCUT2D eigenvalue weighted by Gasteiger charge is 2.83. The van der Waals surface area contributed by atoms with Gasteiger partial charge in [-0.05, 0) is 0 Å². The molecule has 0 radical (unpaired) electrons. The van der Waals surface area contributed by atoms with Crippen LogP contribution < -0.4 is 11.1 Å². The van der Waals surface area contributed by atoms with Crippen LogP contribution in [0.25, 0.3) is 0 Å². The van der Waals surface area contributed by atoms with Crippen LogP contribution in [-0.2, 0) is 14.2 Å². The Labute approximate surface area is 130 Å². The molecule has 23 heavy (non-hydrogen) atoms. The minimum Gasteiger partial charge on any atom is -0.393 e.